The first-order valence-electron chi connectivity index (χ1n) is 6.63. The number of nitrogens with zero attached hydrogens (tertiary/aromatic N) is 1. The molecule has 0 amide bonds. The van der Waals surface area contributed by atoms with Crippen molar-refractivity contribution < 1.29 is 4.74 Å². The molecule has 0 spiro atoms. The van der Waals surface area contributed by atoms with Crippen molar-refractivity contribution in [3.8, 4) is 0 Å². The van der Waals surface area contributed by atoms with E-state index in [9.17, 15) is 0 Å². The van der Waals surface area contributed by atoms with Gasteiger partial charge in [0.15, 0.2) is 0 Å². The van der Waals surface area contributed by atoms with Crippen LogP contribution in [0.15, 0.2) is 36.7 Å². The Morgan fingerprint density at radius 2 is 2.21 bits per heavy atom. The Morgan fingerprint density at radius 3 is 2.89 bits per heavy atom. The minimum atomic E-state index is -0.0175. The highest BCUT2D eigenvalue weighted by atomic mass is 16.5. The summed E-state index contributed by atoms with van der Waals surface area (Å²) in [5.41, 5.74) is 4.06. The van der Waals surface area contributed by atoms with Crippen LogP contribution in [0, 0.1) is 0 Å². The van der Waals surface area contributed by atoms with Gasteiger partial charge in [0.1, 0.15) is 0 Å². The Hall–Kier alpha value is -1.49. The minimum absolute atomic E-state index is 0.0175. The lowest BCUT2D eigenvalue weighted by molar-refractivity contribution is 0.0610. The summed E-state index contributed by atoms with van der Waals surface area (Å²) in [4.78, 5) is 4.16. The van der Waals surface area contributed by atoms with Gasteiger partial charge in [-0.15, -0.1) is 0 Å². The summed E-state index contributed by atoms with van der Waals surface area (Å²) in [5, 5.41) is 2.28. The summed E-state index contributed by atoms with van der Waals surface area (Å²) in [6.45, 7) is 2.15. The number of ether oxygens (including phenoxy) is 1. The maximum absolute atomic E-state index is 5.76. The van der Waals surface area contributed by atoms with E-state index >= 15 is 0 Å². The monoisotopic (exact) mass is 259 g/mol. The second kappa shape index (κ2) is 6.61. The molecule has 2 unspecified atom stereocenters. The highest BCUT2D eigenvalue weighted by Gasteiger charge is 2.22. The molecule has 1 aromatic heterocycles. The van der Waals surface area contributed by atoms with Gasteiger partial charge < -0.3 is 4.74 Å². The Labute approximate surface area is 113 Å². The molecular weight excluding hydrogens is 238 g/mol. The van der Waals surface area contributed by atoms with Crippen molar-refractivity contribution >= 4 is 10.8 Å². The Morgan fingerprint density at radius 1 is 1.37 bits per heavy atom. The van der Waals surface area contributed by atoms with Crippen LogP contribution in [0.3, 0.4) is 0 Å². The average Bonchev–Trinajstić information content (AvgIpc) is 2.47. The summed E-state index contributed by atoms with van der Waals surface area (Å²) in [6, 6.07) is 8.18. The van der Waals surface area contributed by atoms with E-state index in [0.29, 0.717) is 0 Å². The maximum Gasteiger partial charge on any atom is 0.0779 e. The molecular formula is C15H21N3O. The number of hydrogen-bond acceptors (Lipinski definition) is 4. The predicted molar refractivity (Wildman–Crippen MR) is 77.5 cm³/mol. The average molecular weight is 259 g/mol. The van der Waals surface area contributed by atoms with Crippen molar-refractivity contribution in [3.63, 3.8) is 0 Å². The molecule has 0 saturated heterocycles. The Kier molecular flexibility index (Phi) is 4.85. The number of fused-ring (bicyclic) bond motifs is 1. The SMILES string of the molecule is CCCC(OC)C(NN)c1cccc2cnccc12. The van der Waals surface area contributed by atoms with Crippen molar-refractivity contribution in [3.05, 3.63) is 42.2 Å². The molecule has 0 bridgehead atoms. The van der Waals surface area contributed by atoms with Gasteiger partial charge in [0.2, 0.25) is 0 Å². The molecule has 0 fully saturated rings. The first-order valence-corrected chi connectivity index (χ1v) is 6.63. The number of aromatic nitrogens is 1. The molecule has 2 atom stereocenters. The van der Waals surface area contributed by atoms with E-state index in [1.807, 2.05) is 18.3 Å². The number of pyridine rings is 1. The van der Waals surface area contributed by atoms with Gasteiger partial charge >= 0.3 is 0 Å². The van der Waals surface area contributed by atoms with E-state index in [1.54, 1.807) is 13.3 Å². The molecule has 0 aliphatic heterocycles. The molecule has 1 aromatic carbocycles. The van der Waals surface area contributed by atoms with Crippen molar-refractivity contribution in [2.75, 3.05) is 7.11 Å². The molecule has 2 aromatic rings. The van der Waals surface area contributed by atoms with Crippen LogP contribution in [0.4, 0.5) is 0 Å². The van der Waals surface area contributed by atoms with Crippen molar-refractivity contribution in [2.24, 2.45) is 5.84 Å². The van der Waals surface area contributed by atoms with Crippen LogP contribution in [0.1, 0.15) is 31.4 Å². The van der Waals surface area contributed by atoms with Crippen molar-refractivity contribution in [1.82, 2.24) is 10.4 Å². The summed E-state index contributed by atoms with van der Waals surface area (Å²) < 4.78 is 5.59. The first-order chi connectivity index (χ1) is 9.31. The summed E-state index contributed by atoms with van der Waals surface area (Å²) >= 11 is 0. The zero-order valence-corrected chi connectivity index (χ0v) is 11.5. The smallest absolute Gasteiger partial charge is 0.0779 e. The topological polar surface area (TPSA) is 60.2 Å². The number of rotatable bonds is 6. The summed E-state index contributed by atoms with van der Waals surface area (Å²) in [7, 11) is 1.73. The highest BCUT2D eigenvalue weighted by Crippen LogP contribution is 2.28. The summed E-state index contributed by atoms with van der Waals surface area (Å²) in [5.74, 6) is 5.76. The number of nitrogens with two attached hydrogens (primary N) is 1. The van der Waals surface area contributed by atoms with E-state index in [-0.39, 0.29) is 12.1 Å². The van der Waals surface area contributed by atoms with E-state index in [0.717, 1.165) is 23.8 Å². The summed E-state index contributed by atoms with van der Waals surface area (Å²) in [6.07, 6.45) is 5.76. The zero-order valence-electron chi connectivity index (χ0n) is 11.5. The minimum Gasteiger partial charge on any atom is -0.379 e. The molecule has 0 saturated carbocycles. The second-order valence-corrected chi connectivity index (χ2v) is 4.65. The van der Waals surface area contributed by atoms with Crippen molar-refractivity contribution in [2.45, 2.75) is 31.9 Å². The number of hydrogen-bond donors (Lipinski definition) is 2. The van der Waals surface area contributed by atoms with E-state index in [4.69, 9.17) is 10.6 Å². The predicted octanol–water partition coefficient (Wildman–Crippen LogP) is 2.55. The maximum atomic E-state index is 5.76. The van der Waals surface area contributed by atoms with Crippen LogP contribution in [0.5, 0.6) is 0 Å². The Bertz CT molecular complexity index is 524. The van der Waals surface area contributed by atoms with Crippen LogP contribution in [0.2, 0.25) is 0 Å². The number of benzene rings is 1. The van der Waals surface area contributed by atoms with Gasteiger partial charge in [-0.05, 0) is 23.4 Å². The molecule has 4 heteroatoms. The fourth-order valence-corrected chi connectivity index (χ4v) is 2.52. The molecule has 0 aliphatic carbocycles. The third kappa shape index (κ3) is 2.92. The van der Waals surface area contributed by atoms with E-state index < -0.39 is 0 Å². The molecule has 1 heterocycles. The van der Waals surface area contributed by atoms with Gasteiger partial charge in [0, 0.05) is 24.9 Å². The molecule has 0 aliphatic rings. The quantitative estimate of drug-likeness (QED) is 0.618. The van der Waals surface area contributed by atoms with Crippen LogP contribution >= 0.6 is 0 Å². The van der Waals surface area contributed by atoms with Crippen LogP contribution in [-0.4, -0.2) is 18.2 Å². The van der Waals surface area contributed by atoms with Gasteiger partial charge in [0.25, 0.3) is 0 Å². The first kappa shape index (κ1) is 13.9. The lowest BCUT2D eigenvalue weighted by Crippen LogP contribution is -2.37. The zero-order chi connectivity index (χ0) is 13.7. The van der Waals surface area contributed by atoms with Gasteiger partial charge in [-0.1, -0.05) is 31.5 Å². The van der Waals surface area contributed by atoms with Crippen LogP contribution in [-0.2, 0) is 4.74 Å². The third-order valence-corrected chi connectivity index (χ3v) is 3.48. The highest BCUT2D eigenvalue weighted by molar-refractivity contribution is 5.85. The van der Waals surface area contributed by atoms with Gasteiger partial charge in [-0.2, -0.15) is 0 Å². The van der Waals surface area contributed by atoms with Gasteiger partial charge in [-0.25, -0.2) is 0 Å². The molecule has 2 rings (SSSR count). The van der Waals surface area contributed by atoms with Crippen LogP contribution in [0.25, 0.3) is 10.8 Å². The fraction of sp³-hybridized carbons (Fsp3) is 0.400. The fourth-order valence-electron chi connectivity index (χ4n) is 2.52. The largest absolute Gasteiger partial charge is 0.379 e. The Balaban J connectivity index is 2.45. The molecule has 19 heavy (non-hydrogen) atoms. The van der Waals surface area contributed by atoms with Gasteiger partial charge in [0.05, 0.1) is 12.1 Å². The molecule has 0 radical (unpaired) electrons. The van der Waals surface area contributed by atoms with Crippen LogP contribution < -0.4 is 11.3 Å². The number of nitrogens with one attached hydrogen (secondary N) is 1. The number of hydrazine groups is 1. The third-order valence-electron chi connectivity index (χ3n) is 3.48. The van der Waals surface area contributed by atoms with Gasteiger partial charge in [-0.3, -0.25) is 16.3 Å². The van der Waals surface area contributed by atoms with Crippen molar-refractivity contribution in [1.29, 1.82) is 0 Å². The van der Waals surface area contributed by atoms with E-state index in [1.165, 1.54) is 5.39 Å². The molecule has 4 nitrogen and oxygen atoms in total. The lowest BCUT2D eigenvalue weighted by Gasteiger charge is -2.26. The second-order valence-electron chi connectivity index (χ2n) is 4.65. The molecule has 3 N–H and O–H groups in total. The number of methoxy groups -OCH3 is 1. The molecule has 102 valence electrons. The normalized spacial score (nSPS) is 14.5. The lowest BCUT2D eigenvalue weighted by atomic mass is 9.94. The standard InChI is InChI=1S/C15H21N3O/c1-3-5-14(19-2)15(18-16)13-7-4-6-11-10-17-9-8-12(11)13/h4,6-10,14-15,18H,3,5,16H2,1-2H3. The van der Waals surface area contributed by atoms with E-state index in [2.05, 4.69) is 29.5 Å².